The van der Waals surface area contributed by atoms with Gasteiger partial charge in [-0.15, -0.1) is 0 Å². The molecule has 29 heavy (non-hydrogen) atoms. The molecule has 0 aliphatic heterocycles. The van der Waals surface area contributed by atoms with Gasteiger partial charge in [-0.3, -0.25) is 4.79 Å². The SMILES string of the molecule is Cc1onc(C(=O)NC(C)c2ccc(C(C)C)cc2)c1COc1ccccc1F. The van der Waals surface area contributed by atoms with Gasteiger partial charge < -0.3 is 14.6 Å². The third kappa shape index (κ3) is 4.83. The standard InChI is InChI=1S/C23H25FN2O3/c1-14(2)17-9-11-18(12-10-17)15(3)25-23(27)22-19(16(4)29-26-22)13-28-21-8-6-5-7-20(21)24/h5-12,14-15H,13H2,1-4H3,(H,25,27). The second-order valence-corrected chi connectivity index (χ2v) is 7.30. The number of ether oxygens (including phenoxy) is 1. The molecule has 5 nitrogen and oxygen atoms in total. The van der Waals surface area contributed by atoms with Crippen molar-refractivity contribution >= 4 is 5.91 Å². The minimum atomic E-state index is -0.467. The molecule has 0 spiro atoms. The van der Waals surface area contributed by atoms with Crippen molar-refractivity contribution in [3.05, 3.63) is 82.5 Å². The summed E-state index contributed by atoms with van der Waals surface area (Å²) < 4.78 is 24.5. The number of carbonyl (C=O) groups is 1. The molecule has 152 valence electrons. The van der Waals surface area contributed by atoms with Gasteiger partial charge in [0.25, 0.3) is 5.91 Å². The Balaban J connectivity index is 1.70. The van der Waals surface area contributed by atoms with Crippen LogP contribution >= 0.6 is 0 Å². The summed E-state index contributed by atoms with van der Waals surface area (Å²) in [6, 6.07) is 14.1. The Labute approximate surface area is 169 Å². The van der Waals surface area contributed by atoms with Gasteiger partial charge in [0.1, 0.15) is 12.4 Å². The number of hydrogen-bond donors (Lipinski definition) is 1. The average molecular weight is 396 g/mol. The van der Waals surface area contributed by atoms with Crippen LogP contribution in [-0.2, 0) is 6.61 Å². The maximum absolute atomic E-state index is 13.8. The first kappa shape index (κ1) is 20.6. The number of hydrogen-bond acceptors (Lipinski definition) is 4. The fraction of sp³-hybridized carbons (Fsp3) is 0.304. The minimum Gasteiger partial charge on any atom is -0.486 e. The largest absolute Gasteiger partial charge is 0.486 e. The molecule has 0 aliphatic rings. The minimum absolute atomic E-state index is 0.0174. The Hall–Kier alpha value is -3.15. The lowest BCUT2D eigenvalue weighted by molar-refractivity contribution is 0.0928. The predicted molar refractivity (Wildman–Crippen MR) is 108 cm³/mol. The van der Waals surface area contributed by atoms with Crippen molar-refractivity contribution in [1.29, 1.82) is 0 Å². The second kappa shape index (κ2) is 8.90. The summed E-state index contributed by atoms with van der Waals surface area (Å²) in [6.07, 6.45) is 0. The zero-order chi connectivity index (χ0) is 21.0. The molecule has 0 radical (unpaired) electrons. The van der Waals surface area contributed by atoms with Crippen LogP contribution in [0.3, 0.4) is 0 Å². The number of amides is 1. The van der Waals surface area contributed by atoms with E-state index in [9.17, 15) is 9.18 Å². The number of nitrogens with one attached hydrogen (secondary N) is 1. The van der Waals surface area contributed by atoms with Gasteiger partial charge in [-0.05, 0) is 43.0 Å². The van der Waals surface area contributed by atoms with Gasteiger partial charge in [0.05, 0.1) is 11.6 Å². The number of halogens is 1. The average Bonchev–Trinajstić information content (AvgIpc) is 3.08. The molecule has 0 saturated carbocycles. The topological polar surface area (TPSA) is 64.4 Å². The maximum atomic E-state index is 13.8. The summed E-state index contributed by atoms with van der Waals surface area (Å²) in [5, 5.41) is 6.81. The summed E-state index contributed by atoms with van der Waals surface area (Å²) in [4.78, 5) is 12.8. The molecule has 2 aromatic carbocycles. The van der Waals surface area contributed by atoms with Crippen molar-refractivity contribution in [3.8, 4) is 5.75 Å². The van der Waals surface area contributed by atoms with Gasteiger partial charge in [0.15, 0.2) is 17.3 Å². The Bertz CT molecular complexity index is 980. The maximum Gasteiger partial charge on any atom is 0.274 e. The molecule has 0 fully saturated rings. The van der Waals surface area contributed by atoms with Crippen LogP contribution in [0.4, 0.5) is 4.39 Å². The lowest BCUT2D eigenvalue weighted by Crippen LogP contribution is -2.28. The van der Waals surface area contributed by atoms with Crippen LogP contribution in [-0.4, -0.2) is 11.1 Å². The molecule has 3 rings (SSSR count). The molecule has 1 atom stereocenters. The van der Waals surface area contributed by atoms with Crippen LogP contribution in [0, 0.1) is 12.7 Å². The van der Waals surface area contributed by atoms with Gasteiger partial charge in [-0.1, -0.05) is 55.4 Å². The van der Waals surface area contributed by atoms with Crippen LogP contribution in [0.15, 0.2) is 53.1 Å². The Kier molecular flexibility index (Phi) is 6.32. The van der Waals surface area contributed by atoms with Crippen molar-refractivity contribution in [2.45, 2.75) is 46.3 Å². The summed E-state index contributed by atoms with van der Waals surface area (Å²) in [5.41, 5.74) is 2.87. The molecule has 0 saturated heterocycles. The smallest absolute Gasteiger partial charge is 0.274 e. The quantitative estimate of drug-likeness (QED) is 0.587. The van der Waals surface area contributed by atoms with Crippen LogP contribution in [0.5, 0.6) is 5.75 Å². The summed E-state index contributed by atoms with van der Waals surface area (Å²) in [7, 11) is 0. The molecule has 1 amide bonds. The Morgan fingerprint density at radius 3 is 2.41 bits per heavy atom. The van der Waals surface area contributed by atoms with E-state index in [1.54, 1.807) is 19.1 Å². The molecule has 0 bridgehead atoms. The first-order chi connectivity index (χ1) is 13.9. The fourth-order valence-electron chi connectivity index (χ4n) is 2.97. The fourth-order valence-corrected chi connectivity index (χ4v) is 2.97. The van der Waals surface area contributed by atoms with Crippen LogP contribution in [0.2, 0.25) is 0 Å². The molecule has 1 unspecified atom stereocenters. The summed E-state index contributed by atoms with van der Waals surface area (Å²) in [5.74, 6) is 0.183. The third-order valence-corrected chi connectivity index (χ3v) is 4.86. The van der Waals surface area contributed by atoms with Gasteiger partial charge in [0.2, 0.25) is 0 Å². The van der Waals surface area contributed by atoms with Crippen molar-refractivity contribution in [3.63, 3.8) is 0 Å². The van der Waals surface area contributed by atoms with Gasteiger partial charge in [-0.25, -0.2) is 4.39 Å². The lowest BCUT2D eigenvalue weighted by atomic mass is 9.99. The van der Waals surface area contributed by atoms with E-state index in [0.29, 0.717) is 17.2 Å². The number of aryl methyl sites for hydroxylation is 1. The van der Waals surface area contributed by atoms with E-state index in [4.69, 9.17) is 9.26 Å². The van der Waals surface area contributed by atoms with Crippen molar-refractivity contribution < 1.29 is 18.4 Å². The molecule has 1 aromatic heterocycles. The van der Waals surface area contributed by atoms with Crippen LogP contribution in [0.1, 0.15) is 65.7 Å². The van der Waals surface area contributed by atoms with Gasteiger partial charge in [0, 0.05) is 0 Å². The molecular weight excluding hydrogens is 371 g/mol. The van der Waals surface area contributed by atoms with Gasteiger partial charge in [-0.2, -0.15) is 0 Å². The van der Waals surface area contributed by atoms with E-state index in [1.807, 2.05) is 19.1 Å². The lowest BCUT2D eigenvalue weighted by Gasteiger charge is -2.15. The van der Waals surface area contributed by atoms with E-state index in [0.717, 1.165) is 5.56 Å². The van der Waals surface area contributed by atoms with Crippen LogP contribution < -0.4 is 10.1 Å². The number of para-hydroxylation sites is 1. The molecule has 1 heterocycles. The molecular formula is C23H25FN2O3. The number of carbonyl (C=O) groups excluding carboxylic acids is 1. The highest BCUT2D eigenvalue weighted by atomic mass is 19.1. The molecule has 6 heteroatoms. The Morgan fingerprint density at radius 2 is 1.76 bits per heavy atom. The monoisotopic (exact) mass is 396 g/mol. The molecule has 3 aromatic rings. The van der Waals surface area contributed by atoms with E-state index < -0.39 is 5.82 Å². The van der Waals surface area contributed by atoms with Crippen molar-refractivity contribution in [1.82, 2.24) is 10.5 Å². The van der Waals surface area contributed by atoms with E-state index in [1.165, 1.54) is 17.7 Å². The zero-order valence-electron chi connectivity index (χ0n) is 17.0. The van der Waals surface area contributed by atoms with Crippen molar-refractivity contribution in [2.24, 2.45) is 0 Å². The highest BCUT2D eigenvalue weighted by Crippen LogP contribution is 2.22. The highest BCUT2D eigenvalue weighted by Gasteiger charge is 2.22. The highest BCUT2D eigenvalue weighted by molar-refractivity contribution is 5.94. The summed E-state index contributed by atoms with van der Waals surface area (Å²) in [6.45, 7) is 7.86. The first-order valence-corrected chi connectivity index (χ1v) is 9.60. The number of nitrogens with zero attached hydrogens (tertiary/aromatic N) is 1. The zero-order valence-corrected chi connectivity index (χ0v) is 17.0. The summed E-state index contributed by atoms with van der Waals surface area (Å²) >= 11 is 0. The first-order valence-electron chi connectivity index (χ1n) is 9.60. The van der Waals surface area contributed by atoms with E-state index in [-0.39, 0.29) is 30.0 Å². The Morgan fingerprint density at radius 1 is 1.10 bits per heavy atom. The number of aromatic nitrogens is 1. The molecule has 1 N–H and O–H groups in total. The van der Waals surface area contributed by atoms with Crippen molar-refractivity contribution in [2.75, 3.05) is 0 Å². The van der Waals surface area contributed by atoms with E-state index >= 15 is 0 Å². The second-order valence-electron chi connectivity index (χ2n) is 7.30. The van der Waals surface area contributed by atoms with E-state index in [2.05, 4.69) is 36.5 Å². The van der Waals surface area contributed by atoms with Crippen LogP contribution in [0.25, 0.3) is 0 Å². The third-order valence-electron chi connectivity index (χ3n) is 4.86. The number of benzene rings is 2. The normalized spacial score (nSPS) is 12.1. The number of rotatable bonds is 7. The molecule has 0 aliphatic carbocycles. The van der Waals surface area contributed by atoms with Gasteiger partial charge >= 0.3 is 0 Å². The predicted octanol–water partition coefficient (Wildman–Crippen LogP) is 5.32.